The van der Waals surface area contributed by atoms with Crippen molar-refractivity contribution >= 4 is 22.7 Å². The number of rotatable bonds is 4. The van der Waals surface area contributed by atoms with Gasteiger partial charge in [-0.2, -0.15) is 5.26 Å². The molecule has 1 aliphatic rings. The molecule has 2 aromatic carbocycles. The molecule has 0 aliphatic carbocycles. The molecule has 31 heavy (non-hydrogen) atoms. The van der Waals surface area contributed by atoms with Gasteiger partial charge >= 0.3 is 5.91 Å². The number of anilines is 1. The molecule has 160 valence electrons. The number of oxazole rings is 1. The first-order valence-electron chi connectivity index (χ1n) is 10.4. The van der Waals surface area contributed by atoms with Gasteiger partial charge in [0.15, 0.2) is 5.58 Å². The minimum atomic E-state index is -0.322. The Bertz CT molecular complexity index is 1170. The number of carbonyl (C=O) groups is 1. The van der Waals surface area contributed by atoms with E-state index in [1.165, 1.54) is 4.90 Å². The normalized spacial score (nSPS) is 16.2. The van der Waals surface area contributed by atoms with Crippen LogP contribution in [0.25, 0.3) is 22.2 Å². The number of hydrogen-bond acceptors (Lipinski definition) is 6. The molecule has 0 spiro atoms. The molecule has 7 nitrogen and oxygen atoms in total. The summed E-state index contributed by atoms with van der Waals surface area (Å²) >= 11 is 0. The Morgan fingerprint density at radius 3 is 2.52 bits per heavy atom. The van der Waals surface area contributed by atoms with Crippen LogP contribution in [-0.2, 0) is 0 Å². The van der Waals surface area contributed by atoms with Gasteiger partial charge in [-0.25, -0.2) is 4.98 Å². The van der Waals surface area contributed by atoms with E-state index >= 15 is 0 Å². The van der Waals surface area contributed by atoms with E-state index in [0.29, 0.717) is 22.7 Å². The number of carbonyl (C=O) groups excluding carboxylic acids is 1. The van der Waals surface area contributed by atoms with Gasteiger partial charge in [-0.15, -0.1) is 0 Å². The first kappa shape index (κ1) is 20.9. The van der Waals surface area contributed by atoms with E-state index in [2.05, 4.69) is 34.9 Å². The zero-order valence-corrected chi connectivity index (χ0v) is 18.6. The molecule has 7 heteroatoms. The van der Waals surface area contributed by atoms with Crippen molar-refractivity contribution in [2.75, 3.05) is 46.2 Å². The van der Waals surface area contributed by atoms with Gasteiger partial charge < -0.3 is 19.1 Å². The molecule has 4 rings (SSSR count). The van der Waals surface area contributed by atoms with E-state index in [9.17, 15) is 10.1 Å². The Morgan fingerprint density at radius 1 is 1.23 bits per heavy atom. The highest BCUT2D eigenvalue weighted by molar-refractivity contribution is 6.04. The van der Waals surface area contributed by atoms with E-state index in [-0.39, 0.29) is 11.8 Å². The first-order chi connectivity index (χ1) is 14.8. The van der Waals surface area contributed by atoms with E-state index < -0.39 is 0 Å². The van der Waals surface area contributed by atoms with Gasteiger partial charge in [-0.05, 0) is 38.6 Å². The van der Waals surface area contributed by atoms with Gasteiger partial charge in [0.1, 0.15) is 11.6 Å². The maximum absolute atomic E-state index is 12.6. The zero-order chi connectivity index (χ0) is 22.3. The van der Waals surface area contributed by atoms with Crippen molar-refractivity contribution in [2.45, 2.75) is 19.4 Å². The van der Waals surface area contributed by atoms with Gasteiger partial charge in [0.05, 0.1) is 11.3 Å². The third-order valence-corrected chi connectivity index (χ3v) is 6.04. The lowest BCUT2D eigenvalue weighted by Gasteiger charge is -2.25. The number of likely N-dealkylation sites (N-methyl/N-ethyl adjacent to an activating group) is 1. The van der Waals surface area contributed by atoms with E-state index in [0.717, 1.165) is 41.9 Å². The van der Waals surface area contributed by atoms with Crippen LogP contribution >= 0.6 is 0 Å². The largest absolute Gasteiger partial charge is 0.430 e. The summed E-state index contributed by atoms with van der Waals surface area (Å²) in [5.74, 6) is -0.316. The summed E-state index contributed by atoms with van der Waals surface area (Å²) in [6.07, 6.45) is 1.03. The topological polar surface area (TPSA) is 76.6 Å². The number of hydrogen-bond donors (Lipinski definition) is 0. The fourth-order valence-electron chi connectivity index (χ4n) is 4.29. The second kappa shape index (κ2) is 8.05. The second-order valence-corrected chi connectivity index (χ2v) is 8.45. The summed E-state index contributed by atoms with van der Waals surface area (Å²) in [6, 6.07) is 12.8. The summed E-state index contributed by atoms with van der Waals surface area (Å²) < 4.78 is 6.08. The van der Waals surface area contributed by atoms with Gasteiger partial charge in [-0.1, -0.05) is 30.3 Å². The molecule has 3 aromatic rings. The van der Waals surface area contributed by atoms with Crippen molar-refractivity contribution in [3.63, 3.8) is 0 Å². The lowest BCUT2D eigenvalue weighted by Crippen LogP contribution is -2.31. The summed E-state index contributed by atoms with van der Waals surface area (Å²) in [5, 5.41) is 9.97. The van der Waals surface area contributed by atoms with E-state index in [4.69, 9.17) is 4.42 Å². The van der Waals surface area contributed by atoms with Crippen LogP contribution in [0.4, 0.5) is 5.69 Å². The number of benzene rings is 2. The third-order valence-electron chi connectivity index (χ3n) is 6.04. The number of nitriles is 1. The fraction of sp³-hybridized carbons (Fsp3) is 0.375. The Labute approximate surface area is 182 Å². The highest BCUT2D eigenvalue weighted by atomic mass is 16.4. The summed E-state index contributed by atoms with van der Waals surface area (Å²) in [5.41, 5.74) is 5.14. The van der Waals surface area contributed by atoms with Crippen molar-refractivity contribution in [2.24, 2.45) is 0 Å². The average molecular weight is 418 g/mol. The van der Waals surface area contributed by atoms with Gasteiger partial charge in [0, 0.05) is 38.8 Å². The molecule has 0 N–H and O–H groups in total. The number of amides is 1. The first-order valence-corrected chi connectivity index (χ1v) is 10.4. The van der Waals surface area contributed by atoms with Crippen LogP contribution in [-0.4, -0.2) is 68.0 Å². The minimum absolute atomic E-state index is 0.00529. The Balaban J connectivity index is 2.04. The molecule has 1 aromatic heterocycles. The van der Waals surface area contributed by atoms with Crippen molar-refractivity contribution in [3.05, 3.63) is 47.3 Å². The van der Waals surface area contributed by atoms with Crippen molar-refractivity contribution in [1.29, 1.82) is 5.26 Å². The molecule has 1 amide bonds. The molecule has 1 aliphatic heterocycles. The van der Waals surface area contributed by atoms with Crippen LogP contribution in [0, 0.1) is 18.3 Å². The Kier molecular flexibility index (Phi) is 5.42. The molecule has 0 saturated carbocycles. The fourth-order valence-corrected chi connectivity index (χ4v) is 4.29. The van der Waals surface area contributed by atoms with Gasteiger partial charge in [0.25, 0.3) is 5.89 Å². The number of fused-ring (bicyclic) bond motifs is 1. The molecule has 0 radical (unpaired) electrons. The molecular weight excluding hydrogens is 390 g/mol. The molecule has 1 atom stereocenters. The zero-order valence-electron chi connectivity index (χ0n) is 18.6. The van der Waals surface area contributed by atoms with Gasteiger partial charge in [-0.3, -0.25) is 4.79 Å². The van der Waals surface area contributed by atoms with Crippen LogP contribution in [0.1, 0.15) is 28.2 Å². The van der Waals surface area contributed by atoms with Crippen molar-refractivity contribution in [3.8, 4) is 17.2 Å². The van der Waals surface area contributed by atoms with Crippen LogP contribution < -0.4 is 4.90 Å². The van der Waals surface area contributed by atoms with Crippen molar-refractivity contribution < 1.29 is 9.21 Å². The maximum Gasteiger partial charge on any atom is 0.309 e. The van der Waals surface area contributed by atoms with Crippen LogP contribution in [0.3, 0.4) is 0 Å². The monoisotopic (exact) mass is 417 g/mol. The Hall–Kier alpha value is -3.37. The number of aromatic nitrogens is 1. The highest BCUT2D eigenvalue weighted by Gasteiger charge is 2.32. The van der Waals surface area contributed by atoms with E-state index in [1.807, 2.05) is 37.3 Å². The lowest BCUT2D eigenvalue weighted by atomic mass is 9.93. The molecule has 2 heterocycles. The summed E-state index contributed by atoms with van der Waals surface area (Å²) in [4.78, 5) is 23.0. The molecule has 1 unspecified atom stereocenters. The highest BCUT2D eigenvalue weighted by Crippen LogP contribution is 2.44. The lowest BCUT2D eigenvalue weighted by molar-refractivity contribution is 0.0791. The standard InChI is InChI=1S/C24H27N5O2/c1-15-18(13-25)20-22(31-23(26-20)24(30)28(4)5)21(19(15)16-9-7-6-8-10-16)29-12-11-17(14-29)27(2)3/h6-10,17H,11-12,14H2,1-5H3. The molecule has 1 saturated heterocycles. The quantitative estimate of drug-likeness (QED) is 0.647. The molecular formula is C24H27N5O2. The van der Waals surface area contributed by atoms with Crippen molar-refractivity contribution in [1.82, 2.24) is 14.8 Å². The number of nitrogens with zero attached hydrogens (tertiary/aromatic N) is 5. The predicted octanol–water partition coefficient (Wildman–Crippen LogP) is 3.52. The summed E-state index contributed by atoms with van der Waals surface area (Å²) in [7, 11) is 7.50. The Morgan fingerprint density at radius 2 is 1.94 bits per heavy atom. The predicted molar refractivity (Wildman–Crippen MR) is 121 cm³/mol. The van der Waals surface area contributed by atoms with E-state index in [1.54, 1.807) is 14.1 Å². The summed E-state index contributed by atoms with van der Waals surface area (Å²) in [6.45, 7) is 3.65. The minimum Gasteiger partial charge on any atom is -0.430 e. The smallest absolute Gasteiger partial charge is 0.309 e. The molecule has 1 fully saturated rings. The second-order valence-electron chi connectivity index (χ2n) is 8.45. The van der Waals surface area contributed by atoms with Gasteiger partial charge in [0.2, 0.25) is 0 Å². The van der Waals surface area contributed by atoms with Crippen LogP contribution in [0.15, 0.2) is 34.7 Å². The SMILES string of the molecule is Cc1c(-c2ccccc2)c(N2CCC(N(C)C)C2)c2oc(C(=O)N(C)C)nc2c1C#N. The van der Waals surface area contributed by atoms with Crippen LogP contribution in [0.2, 0.25) is 0 Å². The maximum atomic E-state index is 12.6. The van der Waals surface area contributed by atoms with Crippen LogP contribution in [0.5, 0.6) is 0 Å². The average Bonchev–Trinajstić information content (AvgIpc) is 3.41. The third kappa shape index (κ3) is 3.53. The molecule has 0 bridgehead atoms.